The Balaban J connectivity index is 2.59. The number of aliphatic imine (C=N–C) groups is 1. The molecule has 0 radical (unpaired) electrons. The number of thiazole rings is 1. The Bertz CT molecular complexity index is 587. The van der Waals surface area contributed by atoms with E-state index < -0.39 is 18.6 Å². The monoisotopic (exact) mass is 380 g/mol. The number of rotatable bonds is 7. The second-order valence-electron chi connectivity index (χ2n) is 5.43. The van der Waals surface area contributed by atoms with Gasteiger partial charge in [-0.3, -0.25) is 4.79 Å². The molecule has 0 fully saturated rings. The van der Waals surface area contributed by atoms with Crippen LogP contribution in [0.3, 0.4) is 0 Å². The first-order chi connectivity index (χ1) is 11.6. The summed E-state index contributed by atoms with van der Waals surface area (Å²) >= 11 is 1.49. The number of likely N-dealkylation sites (N-methyl/N-ethyl adjacent to an activating group) is 1. The van der Waals surface area contributed by atoms with Crippen LogP contribution in [0.1, 0.15) is 12.6 Å². The van der Waals surface area contributed by atoms with Gasteiger partial charge in [-0.1, -0.05) is 0 Å². The summed E-state index contributed by atoms with van der Waals surface area (Å²) in [5.74, 6) is -0.331. The van der Waals surface area contributed by atoms with E-state index in [1.165, 1.54) is 11.3 Å². The lowest BCUT2D eigenvalue weighted by Gasteiger charge is -2.19. The van der Waals surface area contributed by atoms with E-state index >= 15 is 0 Å². The van der Waals surface area contributed by atoms with E-state index in [0.717, 1.165) is 17.9 Å². The van der Waals surface area contributed by atoms with Crippen molar-refractivity contribution in [2.24, 2.45) is 4.99 Å². The molecule has 0 atom stereocenters. The Kier molecular flexibility index (Phi) is 7.94. The third-order valence-corrected chi connectivity index (χ3v) is 3.97. The molecule has 1 aromatic rings. The Morgan fingerprint density at radius 3 is 2.52 bits per heavy atom. The molecule has 1 rings (SSSR count). The second-order valence-corrected chi connectivity index (χ2v) is 6.27. The minimum Gasteiger partial charge on any atom is -0.357 e. The van der Waals surface area contributed by atoms with Crippen LogP contribution in [0.15, 0.2) is 10.4 Å². The fourth-order valence-corrected chi connectivity index (χ4v) is 2.48. The molecular weight excluding hydrogens is 357 g/mol. The summed E-state index contributed by atoms with van der Waals surface area (Å²) < 4.78 is 36.9. The van der Waals surface area contributed by atoms with Crippen molar-refractivity contribution in [3.8, 4) is 0 Å². The first-order valence-corrected chi connectivity index (χ1v) is 8.45. The Hall–Kier alpha value is -2.04. The van der Waals surface area contributed by atoms with Gasteiger partial charge in [0.15, 0.2) is 11.1 Å². The molecule has 0 saturated carbocycles. The molecule has 0 aliphatic carbocycles. The average molecular weight is 380 g/mol. The van der Waals surface area contributed by atoms with E-state index in [9.17, 15) is 18.0 Å². The molecule has 1 heterocycles. The first kappa shape index (κ1) is 21.0. The van der Waals surface area contributed by atoms with Crippen LogP contribution < -0.4 is 15.5 Å². The predicted octanol–water partition coefficient (Wildman–Crippen LogP) is 1.28. The minimum absolute atomic E-state index is 0.279. The van der Waals surface area contributed by atoms with E-state index in [1.54, 1.807) is 0 Å². The van der Waals surface area contributed by atoms with Gasteiger partial charge in [-0.15, -0.1) is 11.3 Å². The zero-order chi connectivity index (χ0) is 19.0. The van der Waals surface area contributed by atoms with Crippen molar-refractivity contribution < 1.29 is 18.0 Å². The smallest absolute Gasteiger partial charge is 0.357 e. The number of carbonyl (C=O) groups excluding carboxylic acids is 1. The van der Waals surface area contributed by atoms with E-state index in [2.05, 4.69) is 20.6 Å². The number of aromatic nitrogens is 1. The number of alkyl halides is 3. The summed E-state index contributed by atoms with van der Waals surface area (Å²) in [4.78, 5) is 22.9. The van der Waals surface area contributed by atoms with Crippen molar-refractivity contribution in [1.82, 2.24) is 20.5 Å². The summed E-state index contributed by atoms with van der Waals surface area (Å²) in [7, 11) is 4.89. The SMILES string of the molecule is CCNC(=NCc1csc(N(C)C)n1)NCC(=O)N(C)CC(F)(F)F. The minimum atomic E-state index is -4.42. The van der Waals surface area contributed by atoms with Gasteiger partial charge in [0.05, 0.1) is 18.8 Å². The highest BCUT2D eigenvalue weighted by molar-refractivity contribution is 7.13. The van der Waals surface area contributed by atoms with E-state index in [4.69, 9.17) is 0 Å². The molecule has 0 saturated heterocycles. The molecule has 0 aliphatic heterocycles. The number of hydrogen-bond donors (Lipinski definition) is 2. The Morgan fingerprint density at radius 2 is 2.00 bits per heavy atom. The maximum Gasteiger partial charge on any atom is 0.406 e. The van der Waals surface area contributed by atoms with Crippen LogP contribution >= 0.6 is 11.3 Å². The van der Waals surface area contributed by atoms with Gasteiger partial charge in [0.25, 0.3) is 0 Å². The summed E-state index contributed by atoms with van der Waals surface area (Å²) in [5.41, 5.74) is 0.770. The third-order valence-electron chi connectivity index (χ3n) is 2.91. The van der Waals surface area contributed by atoms with Crippen molar-refractivity contribution in [3.63, 3.8) is 0 Å². The molecular formula is C14H23F3N6OS. The summed E-state index contributed by atoms with van der Waals surface area (Å²) in [6.07, 6.45) is -4.42. The lowest BCUT2D eigenvalue weighted by atomic mass is 10.4. The van der Waals surface area contributed by atoms with Crippen LogP contribution in [-0.4, -0.2) is 68.7 Å². The number of anilines is 1. The molecule has 0 spiro atoms. The van der Waals surface area contributed by atoms with Gasteiger partial charge in [-0.25, -0.2) is 9.98 Å². The fraction of sp³-hybridized carbons (Fsp3) is 0.643. The van der Waals surface area contributed by atoms with Gasteiger partial charge >= 0.3 is 6.18 Å². The van der Waals surface area contributed by atoms with Crippen LogP contribution in [-0.2, 0) is 11.3 Å². The molecule has 0 bridgehead atoms. The number of amides is 1. The number of halogens is 3. The van der Waals surface area contributed by atoms with Gasteiger partial charge < -0.3 is 20.4 Å². The Morgan fingerprint density at radius 1 is 1.32 bits per heavy atom. The molecule has 7 nitrogen and oxygen atoms in total. The molecule has 2 N–H and O–H groups in total. The van der Waals surface area contributed by atoms with Gasteiger partial charge in [0.2, 0.25) is 5.91 Å². The quantitative estimate of drug-likeness (QED) is 0.551. The van der Waals surface area contributed by atoms with Crippen molar-refractivity contribution in [2.75, 3.05) is 45.7 Å². The number of hydrogen-bond acceptors (Lipinski definition) is 5. The van der Waals surface area contributed by atoms with Gasteiger partial charge in [-0.05, 0) is 6.92 Å². The van der Waals surface area contributed by atoms with Gasteiger partial charge in [0.1, 0.15) is 6.54 Å². The summed E-state index contributed by atoms with van der Waals surface area (Å²) in [5, 5.41) is 8.40. The largest absolute Gasteiger partial charge is 0.406 e. The predicted molar refractivity (Wildman–Crippen MR) is 93.0 cm³/mol. The second kappa shape index (κ2) is 9.44. The number of nitrogens with zero attached hydrogens (tertiary/aromatic N) is 4. The maximum atomic E-state index is 12.3. The molecule has 0 unspecified atom stereocenters. The van der Waals surface area contributed by atoms with E-state index in [-0.39, 0.29) is 6.54 Å². The van der Waals surface area contributed by atoms with Crippen molar-refractivity contribution in [2.45, 2.75) is 19.6 Å². The topological polar surface area (TPSA) is 72.9 Å². The van der Waals surface area contributed by atoms with Crippen molar-refractivity contribution in [3.05, 3.63) is 11.1 Å². The van der Waals surface area contributed by atoms with Crippen molar-refractivity contribution in [1.29, 1.82) is 0 Å². The zero-order valence-corrected chi connectivity index (χ0v) is 15.5. The van der Waals surface area contributed by atoms with Crippen LogP contribution in [0.25, 0.3) is 0 Å². The van der Waals surface area contributed by atoms with Gasteiger partial charge in [-0.2, -0.15) is 13.2 Å². The first-order valence-electron chi connectivity index (χ1n) is 7.57. The normalized spacial score (nSPS) is 12.0. The lowest BCUT2D eigenvalue weighted by molar-refractivity contribution is -0.157. The van der Waals surface area contributed by atoms with Crippen molar-refractivity contribution >= 4 is 28.3 Å². The molecule has 1 aromatic heterocycles. The van der Waals surface area contributed by atoms with Crippen LogP contribution in [0.5, 0.6) is 0 Å². The lowest BCUT2D eigenvalue weighted by Crippen LogP contribution is -2.45. The molecule has 1 amide bonds. The zero-order valence-electron chi connectivity index (χ0n) is 14.6. The Labute approximate surface area is 148 Å². The average Bonchev–Trinajstić information content (AvgIpc) is 2.97. The highest BCUT2D eigenvalue weighted by Crippen LogP contribution is 2.18. The van der Waals surface area contributed by atoms with Crippen LogP contribution in [0.4, 0.5) is 18.3 Å². The highest BCUT2D eigenvalue weighted by Gasteiger charge is 2.31. The van der Waals surface area contributed by atoms with Crippen LogP contribution in [0.2, 0.25) is 0 Å². The van der Waals surface area contributed by atoms with Crippen LogP contribution in [0, 0.1) is 0 Å². The summed E-state index contributed by atoms with van der Waals surface area (Å²) in [6, 6.07) is 0. The fourth-order valence-electron chi connectivity index (χ4n) is 1.73. The third kappa shape index (κ3) is 8.05. The number of nitrogens with one attached hydrogen (secondary N) is 2. The number of carbonyl (C=O) groups is 1. The van der Waals surface area contributed by atoms with Gasteiger partial charge in [0, 0.05) is 33.1 Å². The standard InChI is InChI=1S/C14H23F3N6OS/c1-5-18-12(19-6-10-8-25-13(21-10)22(2)3)20-7-11(24)23(4)9-14(15,16)17/h8H,5-7,9H2,1-4H3,(H2,18,19,20). The summed E-state index contributed by atoms with van der Waals surface area (Å²) in [6.45, 7) is 1.14. The maximum absolute atomic E-state index is 12.3. The molecule has 0 aliphatic rings. The number of guanidine groups is 1. The van der Waals surface area contributed by atoms with E-state index in [0.29, 0.717) is 23.9 Å². The van der Waals surface area contributed by atoms with E-state index in [1.807, 2.05) is 31.3 Å². The molecule has 11 heteroatoms. The highest BCUT2D eigenvalue weighted by atomic mass is 32.1. The molecule has 25 heavy (non-hydrogen) atoms. The molecule has 0 aromatic carbocycles. The molecule has 142 valence electrons.